The molecule has 1 heterocycles. The average molecular weight is 316 g/mol. The third-order valence-electron chi connectivity index (χ3n) is 4.10. The van der Waals surface area contributed by atoms with Crippen LogP contribution >= 0.6 is 12.4 Å². The van der Waals surface area contributed by atoms with E-state index in [2.05, 4.69) is 17.1 Å². The number of likely N-dealkylation sites (tertiary alicyclic amines) is 1. The van der Waals surface area contributed by atoms with Crippen LogP contribution in [0.3, 0.4) is 0 Å². The first kappa shape index (κ1) is 17.9. The molecule has 0 radical (unpaired) electrons. The number of carbonyl (C=O) groups excluding carboxylic acids is 1. The fraction of sp³-hybridized carbons (Fsp3) is 0.533. The molecule has 0 aromatic heterocycles. The van der Waals surface area contributed by atoms with Crippen LogP contribution in [0.2, 0.25) is 0 Å². The van der Waals surface area contributed by atoms with Crippen LogP contribution in [0, 0.1) is 11.2 Å². The van der Waals surface area contributed by atoms with Crippen molar-refractivity contribution < 1.29 is 9.18 Å². The van der Waals surface area contributed by atoms with E-state index in [4.69, 9.17) is 5.73 Å². The standard InChI is InChI=1S/C15H22FN3O.ClH/c1-11(19-7-6-15(2,9-17)10-19)14(20)18-13-5-3-4-12(16)8-13;/h3-5,8,11H,6-7,9-10,17H2,1-2H3,(H,18,20);1H. The van der Waals surface area contributed by atoms with Gasteiger partial charge in [0.2, 0.25) is 5.91 Å². The Morgan fingerprint density at radius 2 is 2.29 bits per heavy atom. The van der Waals surface area contributed by atoms with Crippen LogP contribution in [-0.4, -0.2) is 36.5 Å². The van der Waals surface area contributed by atoms with Gasteiger partial charge < -0.3 is 11.1 Å². The summed E-state index contributed by atoms with van der Waals surface area (Å²) in [6.07, 6.45) is 1.00. The van der Waals surface area contributed by atoms with Crippen molar-refractivity contribution in [2.24, 2.45) is 11.1 Å². The minimum Gasteiger partial charge on any atom is -0.330 e. The largest absolute Gasteiger partial charge is 0.330 e. The Kier molecular flexibility index (Phi) is 6.13. The summed E-state index contributed by atoms with van der Waals surface area (Å²) < 4.78 is 13.1. The number of nitrogens with one attached hydrogen (secondary N) is 1. The molecule has 4 nitrogen and oxygen atoms in total. The predicted octanol–water partition coefficient (Wildman–Crippen LogP) is 2.25. The molecular formula is C15H23ClFN3O. The van der Waals surface area contributed by atoms with Crippen LogP contribution < -0.4 is 11.1 Å². The molecule has 21 heavy (non-hydrogen) atoms. The maximum absolute atomic E-state index is 13.1. The fourth-order valence-electron chi connectivity index (χ4n) is 2.54. The van der Waals surface area contributed by atoms with Gasteiger partial charge >= 0.3 is 0 Å². The third kappa shape index (κ3) is 4.40. The van der Waals surface area contributed by atoms with Crippen molar-refractivity contribution in [3.8, 4) is 0 Å². The van der Waals surface area contributed by atoms with Crippen molar-refractivity contribution in [1.82, 2.24) is 4.90 Å². The van der Waals surface area contributed by atoms with Gasteiger partial charge in [-0.1, -0.05) is 13.0 Å². The summed E-state index contributed by atoms with van der Waals surface area (Å²) in [5.74, 6) is -0.468. The first-order chi connectivity index (χ1) is 9.43. The van der Waals surface area contributed by atoms with Crippen molar-refractivity contribution in [2.45, 2.75) is 26.3 Å². The summed E-state index contributed by atoms with van der Waals surface area (Å²) in [7, 11) is 0. The van der Waals surface area contributed by atoms with E-state index in [0.717, 1.165) is 19.5 Å². The van der Waals surface area contributed by atoms with Crippen molar-refractivity contribution >= 4 is 24.0 Å². The molecule has 3 N–H and O–H groups in total. The second-order valence-electron chi connectivity index (χ2n) is 5.91. The number of hydrogen-bond donors (Lipinski definition) is 2. The maximum Gasteiger partial charge on any atom is 0.241 e. The second-order valence-corrected chi connectivity index (χ2v) is 5.91. The molecule has 118 valence electrons. The van der Waals surface area contributed by atoms with Crippen molar-refractivity contribution in [3.63, 3.8) is 0 Å². The molecule has 0 spiro atoms. The van der Waals surface area contributed by atoms with Gasteiger partial charge in [-0.05, 0) is 50.0 Å². The minimum absolute atomic E-state index is 0. The summed E-state index contributed by atoms with van der Waals surface area (Å²) >= 11 is 0. The molecule has 2 atom stereocenters. The molecule has 1 saturated heterocycles. The molecule has 1 fully saturated rings. The smallest absolute Gasteiger partial charge is 0.241 e. The van der Waals surface area contributed by atoms with Gasteiger partial charge in [-0.3, -0.25) is 9.69 Å². The highest BCUT2D eigenvalue weighted by Crippen LogP contribution is 2.29. The zero-order valence-corrected chi connectivity index (χ0v) is 13.3. The highest BCUT2D eigenvalue weighted by atomic mass is 35.5. The molecule has 2 unspecified atom stereocenters. The van der Waals surface area contributed by atoms with Crippen molar-refractivity contribution in [3.05, 3.63) is 30.1 Å². The number of benzene rings is 1. The number of rotatable bonds is 4. The van der Waals surface area contributed by atoms with Crippen molar-refractivity contribution in [2.75, 3.05) is 25.0 Å². The minimum atomic E-state index is -0.354. The molecule has 2 rings (SSSR count). The number of amides is 1. The summed E-state index contributed by atoms with van der Waals surface area (Å²) in [6, 6.07) is 5.69. The van der Waals surface area contributed by atoms with Crippen LogP contribution in [0.1, 0.15) is 20.3 Å². The molecule has 1 aliphatic heterocycles. The van der Waals surface area contributed by atoms with E-state index < -0.39 is 0 Å². The van der Waals surface area contributed by atoms with Gasteiger partial charge in [-0.15, -0.1) is 12.4 Å². The lowest BCUT2D eigenvalue weighted by molar-refractivity contribution is -0.120. The highest BCUT2D eigenvalue weighted by molar-refractivity contribution is 5.94. The van der Waals surface area contributed by atoms with Gasteiger partial charge in [-0.2, -0.15) is 0 Å². The predicted molar refractivity (Wildman–Crippen MR) is 85.1 cm³/mol. The highest BCUT2D eigenvalue weighted by Gasteiger charge is 2.36. The summed E-state index contributed by atoms with van der Waals surface area (Å²) in [6.45, 7) is 6.33. The molecule has 1 aromatic rings. The van der Waals surface area contributed by atoms with Crippen LogP contribution in [0.5, 0.6) is 0 Å². The van der Waals surface area contributed by atoms with E-state index in [1.165, 1.54) is 12.1 Å². The normalized spacial score (nSPS) is 23.4. The van der Waals surface area contributed by atoms with E-state index in [-0.39, 0.29) is 35.6 Å². The van der Waals surface area contributed by atoms with Gasteiger partial charge in [0.05, 0.1) is 6.04 Å². The SMILES string of the molecule is CC(C(=O)Nc1cccc(F)c1)N1CCC(C)(CN)C1.Cl. The Hall–Kier alpha value is -1.17. The molecule has 1 aliphatic rings. The Bertz CT molecular complexity index is 500. The van der Waals surface area contributed by atoms with E-state index in [0.29, 0.717) is 12.2 Å². The number of nitrogens with two attached hydrogens (primary N) is 1. The van der Waals surface area contributed by atoms with Gasteiger partial charge in [0.1, 0.15) is 5.82 Å². The summed E-state index contributed by atoms with van der Waals surface area (Å²) in [5, 5.41) is 2.75. The third-order valence-corrected chi connectivity index (χ3v) is 4.10. The zero-order chi connectivity index (χ0) is 14.8. The second kappa shape index (κ2) is 7.20. The van der Waals surface area contributed by atoms with Crippen molar-refractivity contribution in [1.29, 1.82) is 0 Å². The van der Waals surface area contributed by atoms with Crippen LogP contribution in [-0.2, 0) is 4.79 Å². The van der Waals surface area contributed by atoms with E-state index in [9.17, 15) is 9.18 Å². The molecule has 1 amide bonds. The lowest BCUT2D eigenvalue weighted by Gasteiger charge is -2.26. The van der Waals surface area contributed by atoms with Gasteiger partial charge in [-0.25, -0.2) is 4.39 Å². The average Bonchev–Trinajstić information content (AvgIpc) is 2.81. The van der Waals surface area contributed by atoms with Gasteiger partial charge in [0, 0.05) is 12.2 Å². The molecule has 0 bridgehead atoms. The summed E-state index contributed by atoms with van der Waals surface area (Å²) in [5.41, 5.74) is 6.36. The number of nitrogens with zero attached hydrogens (tertiary/aromatic N) is 1. The molecular weight excluding hydrogens is 293 g/mol. The quantitative estimate of drug-likeness (QED) is 0.896. The zero-order valence-electron chi connectivity index (χ0n) is 12.4. The number of hydrogen-bond acceptors (Lipinski definition) is 3. The van der Waals surface area contributed by atoms with E-state index in [1.54, 1.807) is 12.1 Å². The molecule has 0 saturated carbocycles. The monoisotopic (exact) mass is 315 g/mol. The van der Waals surface area contributed by atoms with Gasteiger partial charge in [0.15, 0.2) is 0 Å². The molecule has 6 heteroatoms. The Balaban J connectivity index is 0.00000220. The first-order valence-electron chi connectivity index (χ1n) is 6.94. The fourth-order valence-corrected chi connectivity index (χ4v) is 2.54. The Morgan fingerprint density at radius 3 is 2.86 bits per heavy atom. The number of carbonyl (C=O) groups is 1. The van der Waals surface area contributed by atoms with Crippen LogP contribution in [0.25, 0.3) is 0 Å². The summed E-state index contributed by atoms with van der Waals surface area (Å²) in [4.78, 5) is 14.3. The molecule has 0 aliphatic carbocycles. The van der Waals surface area contributed by atoms with E-state index >= 15 is 0 Å². The lowest BCUT2D eigenvalue weighted by Crippen LogP contribution is -2.42. The van der Waals surface area contributed by atoms with Crippen LogP contribution in [0.4, 0.5) is 10.1 Å². The Morgan fingerprint density at radius 1 is 1.57 bits per heavy atom. The van der Waals surface area contributed by atoms with E-state index in [1.807, 2.05) is 6.92 Å². The topological polar surface area (TPSA) is 58.4 Å². The van der Waals surface area contributed by atoms with Gasteiger partial charge in [0.25, 0.3) is 0 Å². The Labute approximate surface area is 131 Å². The maximum atomic E-state index is 13.1. The molecule has 1 aromatic carbocycles. The van der Waals surface area contributed by atoms with Crippen LogP contribution in [0.15, 0.2) is 24.3 Å². The number of halogens is 2. The first-order valence-corrected chi connectivity index (χ1v) is 6.94. The number of anilines is 1. The lowest BCUT2D eigenvalue weighted by atomic mass is 9.90.